The maximum absolute atomic E-state index is 12.8. The molecule has 0 aliphatic rings. The van der Waals surface area contributed by atoms with Gasteiger partial charge in [-0.15, -0.1) is 0 Å². The predicted molar refractivity (Wildman–Crippen MR) is 316 cm³/mol. The fraction of sp³-hybridized carbons (Fsp3) is 0.776. The van der Waals surface area contributed by atoms with Crippen molar-refractivity contribution in [2.24, 2.45) is 0 Å². The molecule has 1 unspecified atom stereocenters. The molecule has 0 radical (unpaired) electrons. The predicted octanol–water partition coefficient (Wildman–Crippen LogP) is 21.3. The van der Waals surface area contributed by atoms with Crippen molar-refractivity contribution in [3.8, 4) is 0 Å². The summed E-state index contributed by atoms with van der Waals surface area (Å²) < 4.78 is 16.8. The highest BCUT2D eigenvalue weighted by atomic mass is 16.6. The third-order valence-electron chi connectivity index (χ3n) is 13.7. The molecule has 0 aliphatic carbocycles. The molecule has 0 N–H and O–H groups in total. The Balaban J connectivity index is 4.12. The van der Waals surface area contributed by atoms with Gasteiger partial charge in [-0.2, -0.15) is 0 Å². The molecule has 0 aromatic rings. The van der Waals surface area contributed by atoms with Gasteiger partial charge in [-0.1, -0.05) is 280 Å². The fourth-order valence-electron chi connectivity index (χ4n) is 9.00. The number of rotatable bonds is 57. The molecule has 6 heteroatoms. The van der Waals surface area contributed by atoms with E-state index in [0.29, 0.717) is 19.3 Å². The van der Waals surface area contributed by atoms with E-state index in [1.54, 1.807) is 0 Å². The fourth-order valence-corrected chi connectivity index (χ4v) is 9.00. The second-order valence-corrected chi connectivity index (χ2v) is 20.9. The standard InChI is InChI=1S/C67H118O6/c1-4-7-10-13-16-19-22-24-25-26-27-28-29-30-31-32-33-34-35-36-37-38-39-40-41-43-45-48-51-54-57-60-66(69)72-63-64(62-71-65(68)59-56-53-50-47-44-21-18-15-12-9-6-3)73-67(70)61-58-55-52-49-46-42-23-20-17-14-11-8-5-2/h8,11,17,20,22,24,26-27,29-30,42,46,64H,4-7,9-10,12-16,18-19,21,23,25,28,31-41,43-45,47-63H2,1-3H3/b11-8-,20-17-,24-22-,27-26-,30-29-,46-42-. The van der Waals surface area contributed by atoms with E-state index in [0.717, 1.165) is 96.3 Å². The van der Waals surface area contributed by atoms with Crippen LogP contribution in [0.3, 0.4) is 0 Å². The molecule has 0 spiro atoms. The Morgan fingerprint density at radius 3 is 0.849 bits per heavy atom. The Kier molecular flexibility index (Phi) is 58.7. The van der Waals surface area contributed by atoms with Crippen LogP contribution in [0.2, 0.25) is 0 Å². The minimum atomic E-state index is -0.787. The average Bonchev–Trinajstić information content (AvgIpc) is 3.39. The van der Waals surface area contributed by atoms with E-state index in [2.05, 4.69) is 93.7 Å². The van der Waals surface area contributed by atoms with Crippen LogP contribution < -0.4 is 0 Å². The van der Waals surface area contributed by atoms with E-state index in [9.17, 15) is 14.4 Å². The molecule has 0 rings (SSSR count). The molecule has 0 saturated heterocycles. The summed E-state index contributed by atoms with van der Waals surface area (Å²) in [4.78, 5) is 38.1. The summed E-state index contributed by atoms with van der Waals surface area (Å²) in [5.74, 6) is -0.903. The lowest BCUT2D eigenvalue weighted by atomic mass is 10.0. The van der Waals surface area contributed by atoms with Crippen LogP contribution in [0.15, 0.2) is 72.9 Å². The Morgan fingerprint density at radius 1 is 0.288 bits per heavy atom. The van der Waals surface area contributed by atoms with E-state index >= 15 is 0 Å². The minimum Gasteiger partial charge on any atom is -0.462 e. The van der Waals surface area contributed by atoms with Gasteiger partial charge in [0.2, 0.25) is 0 Å². The molecule has 73 heavy (non-hydrogen) atoms. The number of hydrogen-bond acceptors (Lipinski definition) is 6. The largest absolute Gasteiger partial charge is 0.462 e. The smallest absolute Gasteiger partial charge is 0.306 e. The highest BCUT2D eigenvalue weighted by Crippen LogP contribution is 2.17. The SMILES string of the molecule is CC/C=C\C/C=C\C/C=C\CCCCCC(=O)OC(COC(=O)CCCCCCCCCCCCC)COC(=O)CCCCCCCCCCCCCCCCCC/C=C\C/C=C\C/C=C\CCCCCCC. The van der Waals surface area contributed by atoms with Crippen molar-refractivity contribution in [3.05, 3.63) is 72.9 Å². The van der Waals surface area contributed by atoms with Crippen molar-refractivity contribution in [1.29, 1.82) is 0 Å². The zero-order valence-corrected chi connectivity index (χ0v) is 48.4. The van der Waals surface area contributed by atoms with Crippen molar-refractivity contribution in [2.75, 3.05) is 13.2 Å². The van der Waals surface area contributed by atoms with Crippen molar-refractivity contribution in [2.45, 2.75) is 322 Å². The first-order valence-corrected chi connectivity index (χ1v) is 31.4. The molecule has 0 saturated carbocycles. The monoisotopic (exact) mass is 1020 g/mol. The van der Waals surface area contributed by atoms with E-state index < -0.39 is 6.10 Å². The molecule has 1 atom stereocenters. The van der Waals surface area contributed by atoms with Crippen LogP contribution >= 0.6 is 0 Å². The summed E-state index contributed by atoms with van der Waals surface area (Å²) in [7, 11) is 0. The van der Waals surface area contributed by atoms with Crippen LogP contribution in [0.4, 0.5) is 0 Å². The van der Waals surface area contributed by atoms with Gasteiger partial charge in [-0.3, -0.25) is 14.4 Å². The molecule has 0 amide bonds. The lowest BCUT2D eigenvalue weighted by Gasteiger charge is -2.18. The zero-order chi connectivity index (χ0) is 52.9. The van der Waals surface area contributed by atoms with Gasteiger partial charge in [-0.25, -0.2) is 0 Å². The number of carbonyl (C=O) groups excluding carboxylic acids is 3. The third kappa shape index (κ3) is 59.6. The molecule has 0 fully saturated rings. The maximum atomic E-state index is 12.8. The number of hydrogen-bond donors (Lipinski definition) is 0. The summed E-state index contributed by atoms with van der Waals surface area (Å²) in [5.41, 5.74) is 0. The van der Waals surface area contributed by atoms with Crippen LogP contribution in [0.1, 0.15) is 316 Å². The van der Waals surface area contributed by atoms with Gasteiger partial charge in [-0.05, 0) is 89.9 Å². The van der Waals surface area contributed by atoms with Crippen LogP contribution in [0.25, 0.3) is 0 Å². The summed E-state index contributed by atoms with van der Waals surface area (Å²) in [6.45, 7) is 6.51. The second kappa shape index (κ2) is 61.4. The summed E-state index contributed by atoms with van der Waals surface area (Å²) >= 11 is 0. The Labute approximate surface area is 453 Å². The van der Waals surface area contributed by atoms with Crippen molar-refractivity contribution >= 4 is 17.9 Å². The van der Waals surface area contributed by atoms with Gasteiger partial charge in [0.15, 0.2) is 6.10 Å². The highest BCUT2D eigenvalue weighted by Gasteiger charge is 2.19. The summed E-state index contributed by atoms with van der Waals surface area (Å²) in [6.07, 6.45) is 79.3. The normalized spacial score (nSPS) is 12.5. The Hall–Kier alpha value is -3.15. The van der Waals surface area contributed by atoms with E-state index in [1.807, 2.05) is 0 Å². The molecule has 0 aromatic heterocycles. The molecule has 0 aromatic carbocycles. The van der Waals surface area contributed by atoms with E-state index in [-0.39, 0.29) is 31.1 Å². The number of unbranched alkanes of at least 4 members (excludes halogenated alkanes) is 34. The van der Waals surface area contributed by atoms with Crippen LogP contribution in [-0.4, -0.2) is 37.2 Å². The lowest BCUT2D eigenvalue weighted by molar-refractivity contribution is -0.167. The molecule has 0 heterocycles. The first kappa shape index (κ1) is 69.8. The number of esters is 3. The molecule has 6 nitrogen and oxygen atoms in total. The van der Waals surface area contributed by atoms with E-state index in [1.165, 1.54) is 180 Å². The van der Waals surface area contributed by atoms with E-state index in [4.69, 9.17) is 14.2 Å². The highest BCUT2D eigenvalue weighted by molar-refractivity contribution is 5.71. The number of ether oxygens (including phenoxy) is 3. The maximum Gasteiger partial charge on any atom is 0.306 e. The summed E-state index contributed by atoms with van der Waals surface area (Å²) in [5, 5.41) is 0. The summed E-state index contributed by atoms with van der Waals surface area (Å²) in [6, 6.07) is 0. The van der Waals surface area contributed by atoms with Crippen LogP contribution in [-0.2, 0) is 28.6 Å². The minimum absolute atomic E-state index is 0.0838. The molecule has 422 valence electrons. The van der Waals surface area contributed by atoms with Crippen molar-refractivity contribution in [1.82, 2.24) is 0 Å². The van der Waals surface area contributed by atoms with Crippen LogP contribution in [0.5, 0.6) is 0 Å². The molecular formula is C67H118O6. The topological polar surface area (TPSA) is 78.9 Å². The Morgan fingerprint density at radius 2 is 0.534 bits per heavy atom. The van der Waals surface area contributed by atoms with Crippen molar-refractivity contribution in [3.63, 3.8) is 0 Å². The van der Waals surface area contributed by atoms with Gasteiger partial charge in [0.1, 0.15) is 13.2 Å². The second-order valence-electron chi connectivity index (χ2n) is 20.9. The third-order valence-corrected chi connectivity index (χ3v) is 13.7. The Bertz CT molecular complexity index is 1360. The quantitative estimate of drug-likeness (QED) is 0.0261. The van der Waals surface area contributed by atoms with Gasteiger partial charge >= 0.3 is 17.9 Å². The molecular weight excluding hydrogens is 901 g/mol. The van der Waals surface area contributed by atoms with Crippen LogP contribution in [0, 0.1) is 0 Å². The van der Waals surface area contributed by atoms with Gasteiger partial charge in [0, 0.05) is 19.3 Å². The number of carbonyl (C=O) groups is 3. The van der Waals surface area contributed by atoms with Gasteiger partial charge in [0.05, 0.1) is 0 Å². The van der Waals surface area contributed by atoms with Crippen molar-refractivity contribution < 1.29 is 28.6 Å². The first-order chi connectivity index (χ1) is 36.0. The molecule has 0 bridgehead atoms. The zero-order valence-electron chi connectivity index (χ0n) is 48.4. The lowest BCUT2D eigenvalue weighted by Crippen LogP contribution is -2.30. The van der Waals surface area contributed by atoms with Gasteiger partial charge in [0.25, 0.3) is 0 Å². The molecule has 0 aliphatic heterocycles. The first-order valence-electron chi connectivity index (χ1n) is 31.4. The van der Waals surface area contributed by atoms with Gasteiger partial charge < -0.3 is 14.2 Å². The number of allylic oxidation sites excluding steroid dienone is 12. The average molecular weight is 1020 g/mol.